The molecule has 0 fully saturated rings. The lowest BCUT2D eigenvalue weighted by molar-refractivity contribution is 0.170. The number of benzene rings is 1. The monoisotopic (exact) mass is 439 g/mol. The van der Waals surface area contributed by atoms with Crippen LogP contribution in [0.2, 0.25) is 0 Å². The van der Waals surface area contributed by atoms with E-state index in [9.17, 15) is 5.11 Å². The van der Waals surface area contributed by atoms with Crippen molar-refractivity contribution in [3.05, 3.63) is 65.6 Å². The summed E-state index contributed by atoms with van der Waals surface area (Å²) >= 11 is 0. The molecule has 0 aliphatic carbocycles. The molecule has 1 atom stereocenters. The quantitative estimate of drug-likeness (QED) is 0.328. The minimum atomic E-state index is 0.0462. The first-order valence-electron chi connectivity index (χ1n) is 11.5. The third-order valence-electron chi connectivity index (χ3n) is 6.12. The molecule has 0 amide bonds. The summed E-state index contributed by atoms with van der Waals surface area (Å²) < 4.78 is 16.9. The molecule has 5 nitrogen and oxygen atoms in total. The van der Waals surface area contributed by atoms with Crippen LogP contribution in [0.5, 0.6) is 11.5 Å². The fourth-order valence-corrected chi connectivity index (χ4v) is 4.43. The lowest BCUT2D eigenvalue weighted by Gasteiger charge is -2.39. The fraction of sp³-hybridized carbons (Fsp3) is 0.481. The van der Waals surface area contributed by atoms with Gasteiger partial charge in [-0.1, -0.05) is 39.8 Å². The number of aliphatic hydroxyl groups is 1. The van der Waals surface area contributed by atoms with Crippen molar-refractivity contribution >= 4 is 5.70 Å². The highest BCUT2D eigenvalue weighted by molar-refractivity contribution is 5.78. The second-order valence-corrected chi connectivity index (χ2v) is 9.00. The van der Waals surface area contributed by atoms with Crippen molar-refractivity contribution in [3.63, 3.8) is 0 Å². The minimum Gasteiger partial charge on any atom is -0.508 e. The van der Waals surface area contributed by atoms with Crippen LogP contribution in [0.15, 0.2) is 54.5 Å². The second kappa shape index (κ2) is 10.8. The number of aliphatic hydroxyl groups excluding tert-OH is 1. The van der Waals surface area contributed by atoms with Gasteiger partial charge in [-0.25, -0.2) is 0 Å². The Bertz CT molecular complexity index is 912. The standard InChI is InChI=1S/C27H37NO4/c1-18(2)9-7-10-21-16-28-17-24(20(4)29)19(3)13-25(28)23-15-26(31-6)27(14-22(21)23)32-12-8-11-30-5/h13-15,17-18,21,29H,3-4,7-12,16H2,1-2,5-6H3/t21-/m1/s1. The Morgan fingerprint density at radius 3 is 2.62 bits per heavy atom. The van der Waals surface area contributed by atoms with Crippen molar-refractivity contribution in [3.8, 4) is 11.5 Å². The number of nitrogens with zero attached hydrogens (tertiary/aromatic N) is 1. The molecule has 0 radical (unpaired) electrons. The SMILES string of the molecule is C=C(O)C1=CN2C[C@@H](CCCC(C)C)c3cc(OCCCOC)c(OC)cc3C2=CC1=C. The molecule has 2 aliphatic heterocycles. The van der Waals surface area contributed by atoms with Crippen molar-refractivity contribution < 1.29 is 19.3 Å². The van der Waals surface area contributed by atoms with E-state index < -0.39 is 0 Å². The summed E-state index contributed by atoms with van der Waals surface area (Å²) in [5.74, 6) is 2.58. The number of methoxy groups -OCH3 is 2. The second-order valence-electron chi connectivity index (χ2n) is 9.00. The molecule has 1 N–H and O–H groups in total. The molecule has 0 aromatic heterocycles. The van der Waals surface area contributed by atoms with Crippen LogP contribution in [0, 0.1) is 5.92 Å². The zero-order chi connectivity index (χ0) is 23.3. The van der Waals surface area contributed by atoms with E-state index in [0.717, 1.165) is 47.7 Å². The first-order valence-corrected chi connectivity index (χ1v) is 11.5. The van der Waals surface area contributed by atoms with Crippen LogP contribution in [0.4, 0.5) is 0 Å². The van der Waals surface area contributed by atoms with Gasteiger partial charge in [-0.05, 0) is 41.7 Å². The maximum absolute atomic E-state index is 10.0. The van der Waals surface area contributed by atoms with E-state index in [1.54, 1.807) is 14.2 Å². The van der Waals surface area contributed by atoms with Crippen molar-refractivity contribution in [2.45, 2.75) is 45.4 Å². The van der Waals surface area contributed by atoms with E-state index in [-0.39, 0.29) is 5.76 Å². The maximum Gasteiger partial charge on any atom is 0.161 e. The highest BCUT2D eigenvalue weighted by atomic mass is 16.5. The van der Waals surface area contributed by atoms with E-state index in [1.165, 1.54) is 18.4 Å². The highest BCUT2D eigenvalue weighted by Crippen LogP contribution is 2.46. The largest absolute Gasteiger partial charge is 0.508 e. The van der Waals surface area contributed by atoms with Crippen molar-refractivity contribution in [2.24, 2.45) is 5.92 Å². The molecule has 2 heterocycles. The molecule has 2 aliphatic rings. The van der Waals surface area contributed by atoms with Gasteiger partial charge in [-0.15, -0.1) is 0 Å². The van der Waals surface area contributed by atoms with Gasteiger partial charge in [0.25, 0.3) is 0 Å². The van der Waals surface area contributed by atoms with Crippen LogP contribution in [-0.2, 0) is 4.74 Å². The Hall–Kier alpha value is -2.66. The average Bonchev–Trinajstić information content (AvgIpc) is 2.75. The molecule has 0 saturated carbocycles. The van der Waals surface area contributed by atoms with Gasteiger partial charge in [0.05, 0.1) is 13.7 Å². The lowest BCUT2D eigenvalue weighted by Crippen LogP contribution is -2.31. The summed E-state index contributed by atoms with van der Waals surface area (Å²) in [4.78, 5) is 2.21. The molecule has 174 valence electrons. The van der Waals surface area contributed by atoms with Gasteiger partial charge in [0, 0.05) is 55.6 Å². The zero-order valence-corrected chi connectivity index (χ0v) is 19.9. The van der Waals surface area contributed by atoms with Gasteiger partial charge >= 0.3 is 0 Å². The first kappa shape index (κ1) is 24.0. The molecule has 0 unspecified atom stereocenters. The van der Waals surface area contributed by atoms with E-state index >= 15 is 0 Å². The first-order chi connectivity index (χ1) is 15.3. The van der Waals surface area contributed by atoms with Gasteiger partial charge in [0.2, 0.25) is 0 Å². The van der Waals surface area contributed by atoms with E-state index in [2.05, 4.69) is 44.0 Å². The Morgan fingerprint density at radius 2 is 1.97 bits per heavy atom. The van der Waals surface area contributed by atoms with Crippen molar-refractivity contribution in [1.29, 1.82) is 0 Å². The van der Waals surface area contributed by atoms with E-state index in [4.69, 9.17) is 14.2 Å². The Morgan fingerprint density at radius 1 is 1.19 bits per heavy atom. The third-order valence-corrected chi connectivity index (χ3v) is 6.12. The molecular weight excluding hydrogens is 402 g/mol. The van der Waals surface area contributed by atoms with Gasteiger partial charge in [-0.2, -0.15) is 0 Å². The predicted octanol–water partition coefficient (Wildman–Crippen LogP) is 6.20. The average molecular weight is 440 g/mol. The number of ether oxygens (including phenoxy) is 3. The van der Waals surface area contributed by atoms with Crippen LogP contribution in [0.3, 0.4) is 0 Å². The Labute approximate surface area is 192 Å². The summed E-state index contributed by atoms with van der Waals surface area (Å²) in [6.45, 7) is 14.5. The molecule has 1 aromatic carbocycles. The third kappa shape index (κ3) is 5.39. The minimum absolute atomic E-state index is 0.0462. The predicted molar refractivity (Wildman–Crippen MR) is 130 cm³/mol. The summed E-state index contributed by atoms with van der Waals surface area (Å²) in [5, 5.41) is 10.0. The van der Waals surface area contributed by atoms with E-state index in [0.29, 0.717) is 30.6 Å². The van der Waals surface area contributed by atoms with Gasteiger partial charge in [0.15, 0.2) is 11.5 Å². The van der Waals surface area contributed by atoms with Crippen molar-refractivity contribution in [2.75, 3.05) is 34.0 Å². The van der Waals surface area contributed by atoms with Gasteiger partial charge in [0.1, 0.15) is 5.76 Å². The summed E-state index contributed by atoms with van der Waals surface area (Å²) in [6.07, 6.45) is 8.29. The molecule has 1 aromatic rings. The van der Waals surface area contributed by atoms with Gasteiger partial charge < -0.3 is 24.2 Å². The zero-order valence-electron chi connectivity index (χ0n) is 19.9. The normalized spacial score (nSPS) is 17.5. The Balaban J connectivity index is 1.98. The van der Waals surface area contributed by atoms with Crippen LogP contribution >= 0.6 is 0 Å². The van der Waals surface area contributed by atoms with Crippen LogP contribution in [-0.4, -0.2) is 44.0 Å². The topological polar surface area (TPSA) is 51.2 Å². The fourth-order valence-electron chi connectivity index (χ4n) is 4.43. The maximum atomic E-state index is 10.0. The molecule has 32 heavy (non-hydrogen) atoms. The smallest absolute Gasteiger partial charge is 0.161 e. The molecule has 0 bridgehead atoms. The number of hydrogen-bond acceptors (Lipinski definition) is 5. The summed E-state index contributed by atoms with van der Waals surface area (Å²) in [6, 6.07) is 4.24. The Kier molecular flexibility index (Phi) is 8.08. The number of fused-ring (bicyclic) bond motifs is 3. The van der Waals surface area contributed by atoms with Crippen LogP contribution in [0.1, 0.15) is 56.6 Å². The van der Waals surface area contributed by atoms with Crippen LogP contribution in [0.25, 0.3) is 5.70 Å². The van der Waals surface area contributed by atoms with E-state index in [1.807, 2.05) is 12.3 Å². The summed E-state index contributed by atoms with van der Waals surface area (Å²) in [5.41, 5.74) is 4.92. The molecule has 5 heteroatoms. The van der Waals surface area contributed by atoms with Crippen LogP contribution < -0.4 is 9.47 Å². The summed E-state index contributed by atoms with van der Waals surface area (Å²) in [7, 11) is 3.37. The molecule has 3 rings (SSSR count). The lowest BCUT2D eigenvalue weighted by atomic mass is 9.82. The van der Waals surface area contributed by atoms with Gasteiger partial charge in [-0.3, -0.25) is 0 Å². The number of rotatable bonds is 11. The molecular formula is C27H37NO4. The van der Waals surface area contributed by atoms with Crippen molar-refractivity contribution in [1.82, 2.24) is 4.90 Å². The number of hydrogen-bond donors (Lipinski definition) is 1. The molecule has 0 saturated heterocycles. The highest BCUT2D eigenvalue weighted by Gasteiger charge is 2.32. The number of allylic oxidation sites excluding steroid dienone is 2. The molecule has 0 spiro atoms.